The average molecular weight is 184 g/mol. The van der Waals surface area contributed by atoms with E-state index in [0.717, 1.165) is 12.8 Å². The van der Waals surface area contributed by atoms with Gasteiger partial charge in [-0.1, -0.05) is 12.2 Å². The highest BCUT2D eigenvalue weighted by atomic mass is 16.5. The summed E-state index contributed by atoms with van der Waals surface area (Å²) in [6.45, 7) is 1.75. The second-order valence-corrected chi connectivity index (χ2v) is 2.95. The summed E-state index contributed by atoms with van der Waals surface area (Å²) in [6.07, 6.45) is 5.25. The fraction of sp³-hybridized carbons (Fsp3) is 0.667. The summed E-state index contributed by atoms with van der Waals surface area (Å²) in [6, 6.07) is 0. The molecule has 0 radical (unpaired) electrons. The zero-order chi connectivity index (χ0) is 9.52. The van der Waals surface area contributed by atoms with Crippen LogP contribution >= 0.6 is 0 Å². The number of nitrogens with two attached hydrogens (primary N) is 1. The van der Waals surface area contributed by atoms with Crippen LogP contribution in [0.15, 0.2) is 12.2 Å². The normalized spacial score (nSPS) is 22.4. The molecule has 4 nitrogen and oxygen atoms in total. The molecule has 4 heteroatoms. The van der Waals surface area contributed by atoms with Crippen LogP contribution in [0.4, 0.5) is 0 Å². The van der Waals surface area contributed by atoms with Gasteiger partial charge in [-0.3, -0.25) is 4.79 Å². The van der Waals surface area contributed by atoms with E-state index in [1.807, 2.05) is 12.2 Å². The topological polar surface area (TPSA) is 64.3 Å². The van der Waals surface area contributed by atoms with Crippen LogP contribution in [0.1, 0.15) is 12.8 Å². The maximum atomic E-state index is 11.3. The van der Waals surface area contributed by atoms with Gasteiger partial charge in [0.1, 0.15) is 6.10 Å². The van der Waals surface area contributed by atoms with E-state index >= 15 is 0 Å². The van der Waals surface area contributed by atoms with Crippen LogP contribution in [0.25, 0.3) is 0 Å². The van der Waals surface area contributed by atoms with E-state index in [1.165, 1.54) is 0 Å². The quantitative estimate of drug-likeness (QED) is 0.594. The Morgan fingerprint density at radius 3 is 3.08 bits per heavy atom. The van der Waals surface area contributed by atoms with Crippen LogP contribution in [0, 0.1) is 0 Å². The van der Waals surface area contributed by atoms with E-state index < -0.39 is 0 Å². The molecule has 1 aliphatic heterocycles. The van der Waals surface area contributed by atoms with Crippen molar-refractivity contribution in [2.45, 2.75) is 18.9 Å². The van der Waals surface area contributed by atoms with Gasteiger partial charge in [0.05, 0.1) is 0 Å². The van der Waals surface area contributed by atoms with Gasteiger partial charge in [0.15, 0.2) is 0 Å². The molecule has 1 fully saturated rings. The highest BCUT2D eigenvalue weighted by Crippen LogP contribution is 2.11. The molecule has 1 amide bonds. The minimum atomic E-state index is -0.230. The van der Waals surface area contributed by atoms with Crippen molar-refractivity contribution in [1.82, 2.24) is 5.32 Å². The second kappa shape index (κ2) is 5.72. The molecule has 1 rings (SSSR count). The molecule has 0 spiro atoms. The molecule has 0 bridgehead atoms. The molecule has 1 atom stereocenters. The molecule has 0 aromatic rings. The smallest absolute Gasteiger partial charge is 0.249 e. The van der Waals surface area contributed by atoms with E-state index in [-0.39, 0.29) is 12.0 Å². The fourth-order valence-corrected chi connectivity index (χ4v) is 1.24. The summed E-state index contributed by atoms with van der Waals surface area (Å²) in [7, 11) is 0. The van der Waals surface area contributed by atoms with Crippen molar-refractivity contribution in [3.8, 4) is 0 Å². The summed E-state index contributed by atoms with van der Waals surface area (Å²) < 4.78 is 5.21. The molecule has 0 unspecified atom stereocenters. The van der Waals surface area contributed by atoms with Crippen LogP contribution < -0.4 is 11.1 Å². The maximum absolute atomic E-state index is 11.3. The van der Waals surface area contributed by atoms with Gasteiger partial charge in [0, 0.05) is 19.7 Å². The average Bonchev–Trinajstić information content (AvgIpc) is 2.65. The summed E-state index contributed by atoms with van der Waals surface area (Å²) in [4.78, 5) is 11.3. The Hall–Kier alpha value is -0.870. The van der Waals surface area contributed by atoms with Crippen LogP contribution in [0.5, 0.6) is 0 Å². The molecule has 3 N–H and O–H groups in total. The lowest BCUT2D eigenvalue weighted by molar-refractivity contribution is -0.129. The van der Waals surface area contributed by atoms with E-state index in [0.29, 0.717) is 19.7 Å². The van der Waals surface area contributed by atoms with Gasteiger partial charge in [-0.15, -0.1) is 0 Å². The van der Waals surface area contributed by atoms with E-state index in [9.17, 15) is 4.79 Å². The van der Waals surface area contributed by atoms with Crippen LogP contribution in [0.2, 0.25) is 0 Å². The first kappa shape index (κ1) is 10.2. The lowest BCUT2D eigenvalue weighted by atomic mass is 10.2. The van der Waals surface area contributed by atoms with Crippen molar-refractivity contribution >= 4 is 5.91 Å². The number of carbonyl (C=O) groups excluding carboxylic acids is 1. The van der Waals surface area contributed by atoms with Crippen LogP contribution in [0.3, 0.4) is 0 Å². The van der Waals surface area contributed by atoms with Gasteiger partial charge in [-0.05, 0) is 12.8 Å². The number of nitrogens with one attached hydrogen (secondary N) is 1. The SMILES string of the molecule is NC/C=C/CNC(=O)[C@H]1CCCO1. The first-order chi connectivity index (χ1) is 6.34. The Morgan fingerprint density at radius 2 is 2.46 bits per heavy atom. The van der Waals surface area contributed by atoms with E-state index in [1.54, 1.807) is 0 Å². The second-order valence-electron chi connectivity index (χ2n) is 2.95. The minimum Gasteiger partial charge on any atom is -0.368 e. The van der Waals surface area contributed by atoms with Gasteiger partial charge in [0.25, 0.3) is 0 Å². The maximum Gasteiger partial charge on any atom is 0.249 e. The third-order valence-electron chi connectivity index (χ3n) is 1.92. The molecule has 74 valence electrons. The van der Waals surface area contributed by atoms with Gasteiger partial charge in [-0.2, -0.15) is 0 Å². The summed E-state index contributed by atoms with van der Waals surface area (Å²) in [5, 5.41) is 2.75. The van der Waals surface area contributed by atoms with Crippen LogP contribution in [-0.2, 0) is 9.53 Å². The Labute approximate surface area is 78.1 Å². The number of hydrogen-bond donors (Lipinski definition) is 2. The fourth-order valence-electron chi connectivity index (χ4n) is 1.24. The van der Waals surface area contributed by atoms with Gasteiger partial charge in [0.2, 0.25) is 5.91 Å². The molecule has 0 aromatic carbocycles. The number of carbonyl (C=O) groups is 1. The third kappa shape index (κ3) is 3.57. The number of amides is 1. The van der Waals surface area contributed by atoms with Crippen molar-refractivity contribution in [3.63, 3.8) is 0 Å². The van der Waals surface area contributed by atoms with Crippen molar-refractivity contribution in [2.24, 2.45) is 5.73 Å². The predicted molar refractivity (Wildman–Crippen MR) is 50.2 cm³/mol. The molecule has 0 saturated carbocycles. The van der Waals surface area contributed by atoms with Crippen molar-refractivity contribution in [2.75, 3.05) is 19.7 Å². The van der Waals surface area contributed by atoms with E-state index in [4.69, 9.17) is 10.5 Å². The molecule has 0 aliphatic carbocycles. The standard InChI is InChI=1S/C9H16N2O2/c10-5-1-2-6-11-9(12)8-4-3-7-13-8/h1-2,8H,3-7,10H2,(H,11,12)/b2-1+/t8-/m1/s1. The monoisotopic (exact) mass is 184 g/mol. The lowest BCUT2D eigenvalue weighted by Crippen LogP contribution is -2.34. The highest BCUT2D eigenvalue weighted by molar-refractivity contribution is 5.81. The molecule has 0 aromatic heterocycles. The first-order valence-corrected chi connectivity index (χ1v) is 4.59. The Morgan fingerprint density at radius 1 is 1.62 bits per heavy atom. The molecular weight excluding hydrogens is 168 g/mol. The van der Waals surface area contributed by atoms with Gasteiger partial charge >= 0.3 is 0 Å². The van der Waals surface area contributed by atoms with Crippen LogP contribution in [-0.4, -0.2) is 31.7 Å². The molecule has 1 saturated heterocycles. The van der Waals surface area contributed by atoms with E-state index in [2.05, 4.69) is 5.32 Å². The number of rotatable bonds is 4. The molecule has 1 heterocycles. The Balaban J connectivity index is 2.13. The van der Waals surface area contributed by atoms with Crippen molar-refractivity contribution in [3.05, 3.63) is 12.2 Å². The third-order valence-corrected chi connectivity index (χ3v) is 1.92. The summed E-state index contributed by atoms with van der Waals surface area (Å²) in [5.41, 5.74) is 5.24. The molecule has 1 aliphatic rings. The minimum absolute atomic E-state index is 0.0147. The molecule has 13 heavy (non-hydrogen) atoms. The molecular formula is C9H16N2O2. The predicted octanol–water partition coefficient (Wildman–Crippen LogP) is -0.204. The zero-order valence-electron chi connectivity index (χ0n) is 7.66. The largest absolute Gasteiger partial charge is 0.368 e. The Kier molecular flexibility index (Phi) is 4.49. The zero-order valence-corrected chi connectivity index (χ0v) is 7.66. The highest BCUT2D eigenvalue weighted by Gasteiger charge is 2.22. The Bertz CT molecular complexity index is 186. The summed E-state index contributed by atoms with van der Waals surface area (Å²) >= 11 is 0. The first-order valence-electron chi connectivity index (χ1n) is 4.59. The lowest BCUT2D eigenvalue weighted by Gasteiger charge is -2.07. The summed E-state index contributed by atoms with van der Waals surface area (Å²) in [5.74, 6) is -0.0147. The van der Waals surface area contributed by atoms with Gasteiger partial charge < -0.3 is 15.8 Å². The van der Waals surface area contributed by atoms with Crippen molar-refractivity contribution < 1.29 is 9.53 Å². The number of hydrogen-bond acceptors (Lipinski definition) is 3. The number of ether oxygens (including phenoxy) is 1. The van der Waals surface area contributed by atoms with Gasteiger partial charge in [-0.25, -0.2) is 0 Å². The van der Waals surface area contributed by atoms with Crippen molar-refractivity contribution in [1.29, 1.82) is 0 Å².